The molecule has 35 heavy (non-hydrogen) atoms. The molecule has 0 spiro atoms. The van der Waals surface area contributed by atoms with Gasteiger partial charge >= 0.3 is 0 Å². The molecule has 2 fully saturated rings. The molecule has 2 aliphatic rings. The first-order chi connectivity index (χ1) is 17.0. The fraction of sp³-hybridized carbons (Fsp3) is 0.423. The molecular formula is C26H28N6O2S. The number of carbonyl (C=O) groups is 1. The molecular weight excluding hydrogens is 460 g/mol. The van der Waals surface area contributed by atoms with E-state index in [9.17, 15) is 10.1 Å². The number of hydrogen-bond donors (Lipinski definition) is 1. The number of carbonyl (C=O) groups excluding carboxylic acids is 1. The minimum Gasteiger partial charge on any atom is -0.494 e. The molecule has 8 nitrogen and oxygen atoms in total. The molecule has 9 heteroatoms. The molecule has 4 heterocycles. The van der Waals surface area contributed by atoms with Crippen LogP contribution in [0.3, 0.4) is 0 Å². The van der Waals surface area contributed by atoms with Gasteiger partial charge in [-0.3, -0.25) is 4.79 Å². The smallest absolute Gasteiger partial charge is 0.255 e. The van der Waals surface area contributed by atoms with Gasteiger partial charge in [-0.05, 0) is 61.2 Å². The van der Waals surface area contributed by atoms with Crippen molar-refractivity contribution >= 4 is 38.5 Å². The molecule has 3 aromatic heterocycles. The van der Waals surface area contributed by atoms with Crippen LogP contribution in [0.4, 0.5) is 0 Å². The number of nitriles is 1. The number of hydrogen-bond acceptors (Lipinski definition) is 6. The largest absolute Gasteiger partial charge is 0.494 e. The summed E-state index contributed by atoms with van der Waals surface area (Å²) < 4.78 is 10.2. The second kappa shape index (κ2) is 8.40. The number of rotatable bonds is 5. The summed E-state index contributed by atoms with van der Waals surface area (Å²) in [6.45, 7) is 1.37. The number of piperidine rings is 1. The van der Waals surface area contributed by atoms with E-state index in [4.69, 9.17) is 15.5 Å². The van der Waals surface area contributed by atoms with E-state index in [1.807, 2.05) is 13.1 Å². The first-order valence-corrected chi connectivity index (χ1v) is 12.9. The SMILES string of the molecule is COc1cc(C(=O)N2C[C@H](N)CC[C@@H]2C#N)cc2nc(-c3cc4ccsc4n3CC3CC3)n(C)c12. The Balaban J connectivity index is 1.46. The lowest BCUT2D eigenvalue weighted by Gasteiger charge is -2.34. The molecule has 0 unspecified atom stereocenters. The van der Waals surface area contributed by atoms with Gasteiger partial charge in [0.05, 0.1) is 24.4 Å². The third-order valence-electron chi connectivity index (χ3n) is 7.30. The maximum Gasteiger partial charge on any atom is 0.255 e. The molecule has 4 aromatic rings. The summed E-state index contributed by atoms with van der Waals surface area (Å²) in [4.78, 5) is 21.3. The zero-order valence-electron chi connectivity index (χ0n) is 19.9. The van der Waals surface area contributed by atoms with Crippen molar-refractivity contribution in [2.24, 2.45) is 18.7 Å². The first-order valence-electron chi connectivity index (χ1n) is 12.1. The highest BCUT2D eigenvalue weighted by Crippen LogP contribution is 2.39. The predicted octanol–water partition coefficient (Wildman–Crippen LogP) is 4.13. The lowest BCUT2D eigenvalue weighted by atomic mass is 9.98. The van der Waals surface area contributed by atoms with Crippen molar-refractivity contribution < 1.29 is 9.53 Å². The van der Waals surface area contributed by atoms with E-state index in [0.717, 1.165) is 35.9 Å². The van der Waals surface area contributed by atoms with Gasteiger partial charge in [0, 0.05) is 37.1 Å². The van der Waals surface area contributed by atoms with Gasteiger partial charge < -0.3 is 24.5 Å². The van der Waals surface area contributed by atoms with E-state index in [0.29, 0.717) is 29.8 Å². The number of nitrogens with zero attached hydrogens (tertiary/aromatic N) is 5. The van der Waals surface area contributed by atoms with Crippen LogP contribution in [-0.2, 0) is 13.6 Å². The van der Waals surface area contributed by atoms with Crippen LogP contribution < -0.4 is 10.5 Å². The highest BCUT2D eigenvalue weighted by Gasteiger charge is 2.32. The van der Waals surface area contributed by atoms with Gasteiger partial charge in [0.25, 0.3) is 5.91 Å². The zero-order chi connectivity index (χ0) is 24.3. The Hall–Kier alpha value is -3.35. The maximum absolute atomic E-state index is 13.5. The Morgan fingerprint density at radius 3 is 2.86 bits per heavy atom. The molecule has 2 N–H and O–H groups in total. The second-order valence-electron chi connectivity index (χ2n) is 9.75. The third kappa shape index (κ3) is 3.68. The quantitative estimate of drug-likeness (QED) is 0.455. The average Bonchev–Trinajstić information content (AvgIpc) is 3.31. The highest BCUT2D eigenvalue weighted by molar-refractivity contribution is 7.16. The van der Waals surface area contributed by atoms with Gasteiger partial charge in [-0.15, -0.1) is 11.3 Å². The van der Waals surface area contributed by atoms with E-state index in [1.54, 1.807) is 29.4 Å². The van der Waals surface area contributed by atoms with Crippen molar-refractivity contribution in [2.45, 2.75) is 44.3 Å². The number of fused-ring (bicyclic) bond motifs is 2. The van der Waals surface area contributed by atoms with Crippen molar-refractivity contribution in [1.82, 2.24) is 19.0 Å². The standard InChI is InChI=1S/C26H28N6O2S/c1-30-23-20(29-24(30)21-10-16-7-8-35-26(16)32(21)13-15-3-4-15)9-17(11-22(23)34-2)25(33)31-14-18(28)5-6-19(31)12-27/h7-11,15,18-19H,3-6,13-14,28H2,1-2H3/t18-,19-/m1/s1. The molecule has 1 saturated heterocycles. The number of aryl methyl sites for hydroxylation is 1. The normalized spacial score (nSPS) is 20.5. The molecule has 1 amide bonds. The Bertz CT molecular complexity index is 1490. The van der Waals surface area contributed by atoms with E-state index in [2.05, 4.69) is 32.7 Å². The van der Waals surface area contributed by atoms with E-state index in [-0.39, 0.29) is 11.9 Å². The highest BCUT2D eigenvalue weighted by atomic mass is 32.1. The molecule has 6 rings (SSSR count). The van der Waals surface area contributed by atoms with Crippen molar-refractivity contribution in [2.75, 3.05) is 13.7 Å². The number of methoxy groups -OCH3 is 1. The summed E-state index contributed by atoms with van der Waals surface area (Å²) in [5, 5.41) is 13.0. The van der Waals surface area contributed by atoms with Crippen LogP contribution in [-0.4, -0.2) is 50.7 Å². The maximum atomic E-state index is 13.5. The van der Waals surface area contributed by atoms with Crippen LogP contribution in [0.15, 0.2) is 29.6 Å². The average molecular weight is 489 g/mol. The van der Waals surface area contributed by atoms with Crippen LogP contribution >= 0.6 is 11.3 Å². The van der Waals surface area contributed by atoms with Gasteiger partial charge in [0.2, 0.25) is 0 Å². The Morgan fingerprint density at radius 2 is 2.11 bits per heavy atom. The van der Waals surface area contributed by atoms with Gasteiger partial charge in [0.1, 0.15) is 22.1 Å². The second-order valence-corrected chi connectivity index (χ2v) is 10.6. The van der Waals surface area contributed by atoms with Crippen molar-refractivity contribution in [3.8, 4) is 23.3 Å². The van der Waals surface area contributed by atoms with Gasteiger partial charge in [-0.25, -0.2) is 4.98 Å². The Morgan fingerprint density at radius 1 is 1.29 bits per heavy atom. The van der Waals surface area contributed by atoms with Crippen LogP contribution in [0.2, 0.25) is 0 Å². The van der Waals surface area contributed by atoms with Crippen LogP contribution in [0.1, 0.15) is 36.0 Å². The molecule has 1 aliphatic carbocycles. The van der Waals surface area contributed by atoms with Crippen molar-refractivity contribution in [1.29, 1.82) is 5.26 Å². The summed E-state index contributed by atoms with van der Waals surface area (Å²) in [6.07, 6.45) is 3.88. The molecule has 0 radical (unpaired) electrons. The predicted molar refractivity (Wildman–Crippen MR) is 136 cm³/mol. The number of aromatic nitrogens is 3. The minimum atomic E-state index is -0.470. The number of likely N-dealkylation sites (tertiary alicyclic amines) is 1. The monoisotopic (exact) mass is 488 g/mol. The number of benzene rings is 1. The summed E-state index contributed by atoms with van der Waals surface area (Å²) in [5.74, 6) is 1.95. The molecule has 1 aliphatic heterocycles. The summed E-state index contributed by atoms with van der Waals surface area (Å²) in [5.41, 5.74) is 9.20. The Kier molecular flexibility index (Phi) is 5.31. The summed E-state index contributed by atoms with van der Waals surface area (Å²) in [6, 6.07) is 9.60. The van der Waals surface area contributed by atoms with Crippen molar-refractivity contribution in [3.63, 3.8) is 0 Å². The fourth-order valence-corrected chi connectivity index (χ4v) is 6.15. The van der Waals surface area contributed by atoms with E-state index < -0.39 is 6.04 Å². The lowest BCUT2D eigenvalue weighted by Crippen LogP contribution is -2.50. The first kappa shape index (κ1) is 22.1. The van der Waals surface area contributed by atoms with Gasteiger partial charge in [-0.2, -0.15) is 5.26 Å². The third-order valence-corrected chi connectivity index (χ3v) is 8.25. The summed E-state index contributed by atoms with van der Waals surface area (Å²) >= 11 is 1.76. The fourth-order valence-electron chi connectivity index (χ4n) is 5.24. The van der Waals surface area contributed by atoms with Crippen LogP contribution in [0.25, 0.3) is 32.8 Å². The lowest BCUT2D eigenvalue weighted by molar-refractivity contribution is 0.0650. The van der Waals surface area contributed by atoms with Crippen molar-refractivity contribution in [3.05, 3.63) is 35.2 Å². The zero-order valence-corrected chi connectivity index (χ0v) is 20.7. The summed E-state index contributed by atoms with van der Waals surface area (Å²) in [7, 11) is 3.60. The van der Waals surface area contributed by atoms with E-state index in [1.165, 1.54) is 23.1 Å². The Labute approximate surface area is 207 Å². The number of ether oxygens (including phenoxy) is 1. The number of amides is 1. The van der Waals surface area contributed by atoms with Gasteiger partial charge in [-0.1, -0.05) is 0 Å². The number of thiophene rings is 1. The molecule has 2 atom stereocenters. The number of imidazole rings is 1. The number of nitrogens with two attached hydrogens (primary N) is 1. The topological polar surface area (TPSA) is 102 Å². The van der Waals surface area contributed by atoms with Crippen LogP contribution in [0, 0.1) is 17.2 Å². The molecule has 1 saturated carbocycles. The van der Waals surface area contributed by atoms with Crippen LogP contribution in [0.5, 0.6) is 5.75 Å². The molecule has 180 valence electrons. The van der Waals surface area contributed by atoms with E-state index >= 15 is 0 Å². The molecule has 0 bridgehead atoms. The molecule has 1 aromatic carbocycles. The van der Waals surface area contributed by atoms with Gasteiger partial charge in [0.15, 0.2) is 5.82 Å². The minimum absolute atomic E-state index is 0.122.